The number of hydrogen-bond acceptors (Lipinski definition) is 7. The van der Waals surface area contributed by atoms with Crippen molar-refractivity contribution in [2.24, 2.45) is 0 Å². The predicted molar refractivity (Wildman–Crippen MR) is 117 cm³/mol. The van der Waals surface area contributed by atoms with E-state index in [1.807, 2.05) is 53.9 Å². The van der Waals surface area contributed by atoms with Gasteiger partial charge in [-0.15, -0.1) is 21.5 Å². The molecule has 3 heterocycles. The Morgan fingerprint density at radius 1 is 1.00 bits per heavy atom. The molecule has 156 valence electrons. The van der Waals surface area contributed by atoms with Crippen molar-refractivity contribution >= 4 is 17.2 Å². The first kappa shape index (κ1) is 20.4. The molecule has 0 spiro atoms. The Kier molecular flexibility index (Phi) is 6.44. The molecule has 8 nitrogen and oxygen atoms in total. The maximum Gasteiger partial charge on any atom is 0.271 e. The summed E-state index contributed by atoms with van der Waals surface area (Å²) in [7, 11) is 0. The summed E-state index contributed by atoms with van der Waals surface area (Å²) in [5.41, 5.74) is 1.60. The number of carbonyl (C=O) groups is 1. The fraction of sp³-hybridized carbons (Fsp3) is 0.136. The summed E-state index contributed by atoms with van der Waals surface area (Å²) < 4.78 is 6.80. The lowest BCUT2D eigenvalue weighted by Gasteiger charge is -2.09. The first-order valence-corrected chi connectivity index (χ1v) is 10.5. The molecule has 9 heteroatoms. The maximum absolute atomic E-state index is 12.4. The number of rotatable bonds is 8. The van der Waals surface area contributed by atoms with Crippen LogP contribution in [0.4, 0.5) is 0 Å². The highest BCUT2D eigenvalue weighted by atomic mass is 32.1. The summed E-state index contributed by atoms with van der Waals surface area (Å²) in [5, 5.41) is 17.1. The molecule has 1 aromatic carbocycles. The Bertz CT molecular complexity index is 1190. The summed E-state index contributed by atoms with van der Waals surface area (Å²) in [5.74, 6) is -0.00590. The van der Waals surface area contributed by atoms with Gasteiger partial charge in [0, 0.05) is 12.1 Å². The monoisotopic (exact) mass is 433 g/mol. The Morgan fingerprint density at radius 3 is 2.61 bits per heavy atom. The first-order valence-electron chi connectivity index (χ1n) is 9.60. The lowest BCUT2D eigenvalue weighted by Crippen LogP contribution is -2.32. The van der Waals surface area contributed by atoms with Crippen LogP contribution in [0.3, 0.4) is 0 Å². The third-order valence-corrected chi connectivity index (χ3v) is 5.22. The molecule has 4 rings (SSSR count). The Labute approximate surface area is 182 Å². The van der Waals surface area contributed by atoms with E-state index < -0.39 is 0 Å². The predicted octanol–water partition coefficient (Wildman–Crippen LogP) is 2.62. The normalized spacial score (nSPS) is 10.6. The maximum atomic E-state index is 12.4. The van der Waals surface area contributed by atoms with Crippen molar-refractivity contribution in [1.29, 1.82) is 0 Å². The number of hydrogen-bond donors (Lipinski definition) is 1. The smallest absolute Gasteiger partial charge is 0.271 e. The van der Waals surface area contributed by atoms with Crippen LogP contribution in [0.5, 0.6) is 5.88 Å². The summed E-state index contributed by atoms with van der Waals surface area (Å²) in [6, 6.07) is 19.7. The zero-order chi connectivity index (χ0) is 21.5. The van der Waals surface area contributed by atoms with E-state index in [2.05, 4.69) is 20.6 Å². The molecule has 0 saturated heterocycles. The molecular weight excluding hydrogens is 414 g/mol. The quantitative estimate of drug-likeness (QED) is 0.429. The molecule has 0 atom stereocenters. The Morgan fingerprint density at radius 2 is 1.87 bits per heavy atom. The van der Waals surface area contributed by atoms with Crippen LogP contribution >= 0.6 is 11.3 Å². The molecule has 0 saturated carbocycles. The van der Waals surface area contributed by atoms with Crippen molar-refractivity contribution in [3.8, 4) is 16.5 Å². The standard InChI is InChI=1S/C22H19N5O3S/c28-21-11-9-18(26-27(21)15-16-5-2-1-3-6-16)22(29)23-12-13-30-20-10-8-17(24-25-20)19-7-4-14-31-19/h1-11,14H,12-13,15H2,(H,23,29). The number of amides is 1. The molecule has 0 bridgehead atoms. The van der Waals surface area contributed by atoms with Crippen molar-refractivity contribution in [3.05, 3.63) is 93.7 Å². The number of nitrogens with one attached hydrogen (secondary N) is 1. The van der Waals surface area contributed by atoms with Gasteiger partial charge >= 0.3 is 0 Å². The molecule has 1 N–H and O–H groups in total. The zero-order valence-corrected chi connectivity index (χ0v) is 17.3. The number of aromatic nitrogens is 4. The second-order valence-corrected chi connectivity index (χ2v) is 7.49. The molecule has 1 amide bonds. The van der Waals surface area contributed by atoms with Crippen LogP contribution in [0.1, 0.15) is 16.1 Å². The second kappa shape index (κ2) is 9.77. The lowest BCUT2D eigenvalue weighted by atomic mass is 10.2. The fourth-order valence-corrected chi connectivity index (χ4v) is 3.49. The van der Waals surface area contributed by atoms with E-state index in [-0.39, 0.29) is 30.3 Å². The van der Waals surface area contributed by atoms with Crippen LogP contribution in [0.25, 0.3) is 10.6 Å². The highest BCUT2D eigenvalue weighted by molar-refractivity contribution is 7.13. The Hall–Kier alpha value is -3.85. The van der Waals surface area contributed by atoms with Gasteiger partial charge in [0.2, 0.25) is 5.88 Å². The SMILES string of the molecule is O=C(NCCOc1ccc(-c2cccs2)nn1)c1ccc(=O)n(Cc2ccccc2)n1. The largest absolute Gasteiger partial charge is 0.475 e. The van der Waals surface area contributed by atoms with Crippen molar-refractivity contribution < 1.29 is 9.53 Å². The summed E-state index contributed by atoms with van der Waals surface area (Å²) >= 11 is 1.59. The van der Waals surface area contributed by atoms with Gasteiger partial charge in [-0.25, -0.2) is 4.68 Å². The molecular formula is C22H19N5O3S. The minimum Gasteiger partial charge on any atom is -0.475 e. The molecule has 31 heavy (non-hydrogen) atoms. The van der Waals surface area contributed by atoms with Gasteiger partial charge in [0.05, 0.1) is 18.0 Å². The number of ether oxygens (including phenoxy) is 1. The highest BCUT2D eigenvalue weighted by Crippen LogP contribution is 2.22. The van der Waals surface area contributed by atoms with E-state index in [9.17, 15) is 9.59 Å². The molecule has 0 unspecified atom stereocenters. The van der Waals surface area contributed by atoms with Crippen LogP contribution in [0.15, 0.2) is 76.9 Å². The average molecular weight is 433 g/mol. The van der Waals surface area contributed by atoms with E-state index in [4.69, 9.17) is 4.74 Å². The summed E-state index contributed by atoms with van der Waals surface area (Å²) in [6.07, 6.45) is 0. The van der Waals surface area contributed by atoms with E-state index in [0.29, 0.717) is 12.4 Å². The minimum absolute atomic E-state index is 0.163. The lowest BCUT2D eigenvalue weighted by molar-refractivity contribution is 0.0939. The summed E-state index contributed by atoms with van der Waals surface area (Å²) in [4.78, 5) is 25.5. The van der Waals surface area contributed by atoms with Crippen LogP contribution in [0.2, 0.25) is 0 Å². The van der Waals surface area contributed by atoms with Gasteiger partial charge in [0.15, 0.2) is 0 Å². The van der Waals surface area contributed by atoms with Crippen LogP contribution in [0, 0.1) is 0 Å². The van der Waals surface area contributed by atoms with E-state index in [0.717, 1.165) is 16.1 Å². The first-order chi connectivity index (χ1) is 15.2. The van der Waals surface area contributed by atoms with E-state index >= 15 is 0 Å². The van der Waals surface area contributed by atoms with Gasteiger partial charge in [0.25, 0.3) is 11.5 Å². The van der Waals surface area contributed by atoms with Crippen molar-refractivity contribution in [2.75, 3.05) is 13.2 Å². The van der Waals surface area contributed by atoms with Gasteiger partial charge < -0.3 is 10.1 Å². The van der Waals surface area contributed by atoms with Gasteiger partial charge in [-0.3, -0.25) is 9.59 Å². The molecule has 4 aromatic rings. The summed E-state index contributed by atoms with van der Waals surface area (Å²) in [6.45, 7) is 0.777. The third-order valence-electron chi connectivity index (χ3n) is 4.33. The van der Waals surface area contributed by atoms with Crippen LogP contribution in [-0.2, 0) is 6.54 Å². The molecule has 0 aliphatic heterocycles. The number of carbonyl (C=O) groups excluding carboxylic acids is 1. The molecule has 3 aromatic heterocycles. The molecule has 0 radical (unpaired) electrons. The second-order valence-electron chi connectivity index (χ2n) is 6.54. The van der Waals surface area contributed by atoms with E-state index in [1.54, 1.807) is 17.4 Å². The van der Waals surface area contributed by atoms with E-state index in [1.165, 1.54) is 16.8 Å². The van der Waals surface area contributed by atoms with Crippen molar-refractivity contribution in [2.45, 2.75) is 6.54 Å². The fourth-order valence-electron chi connectivity index (χ4n) is 2.80. The van der Waals surface area contributed by atoms with Gasteiger partial charge in [0.1, 0.15) is 18.0 Å². The third kappa shape index (κ3) is 5.40. The Balaban J connectivity index is 1.29. The van der Waals surface area contributed by atoms with Crippen LogP contribution in [-0.4, -0.2) is 39.0 Å². The zero-order valence-electron chi connectivity index (χ0n) is 16.5. The molecule has 0 aliphatic rings. The average Bonchev–Trinajstić information content (AvgIpc) is 3.34. The minimum atomic E-state index is -0.385. The van der Waals surface area contributed by atoms with Gasteiger partial charge in [-0.1, -0.05) is 36.4 Å². The van der Waals surface area contributed by atoms with Crippen molar-refractivity contribution in [3.63, 3.8) is 0 Å². The number of thiophene rings is 1. The molecule has 0 fully saturated rings. The van der Waals surface area contributed by atoms with Gasteiger partial charge in [-0.05, 0) is 29.1 Å². The number of benzene rings is 1. The van der Waals surface area contributed by atoms with Gasteiger partial charge in [-0.2, -0.15) is 5.10 Å². The van der Waals surface area contributed by atoms with Crippen LogP contribution < -0.4 is 15.6 Å². The topological polar surface area (TPSA) is 99.0 Å². The molecule has 0 aliphatic carbocycles. The van der Waals surface area contributed by atoms with Crippen molar-refractivity contribution in [1.82, 2.24) is 25.3 Å². The highest BCUT2D eigenvalue weighted by Gasteiger charge is 2.10. The number of nitrogens with zero attached hydrogens (tertiary/aromatic N) is 4.